The van der Waals surface area contributed by atoms with Crippen LogP contribution < -0.4 is 14.8 Å². The van der Waals surface area contributed by atoms with E-state index in [0.29, 0.717) is 5.75 Å². The molecule has 0 bridgehead atoms. The predicted molar refractivity (Wildman–Crippen MR) is 135 cm³/mol. The fourth-order valence-corrected chi connectivity index (χ4v) is 3.80. The molecule has 190 valence electrons. The zero-order valence-corrected chi connectivity index (χ0v) is 20.9. The van der Waals surface area contributed by atoms with Crippen LogP contribution in [0.15, 0.2) is 72.9 Å². The van der Waals surface area contributed by atoms with Gasteiger partial charge in [0.05, 0.1) is 7.11 Å². The third-order valence-electron chi connectivity index (χ3n) is 5.63. The molecule has 8 heteroatoms. The Morgan fingerprint density at radius 2 is 1.61 bits per heavy atom. The lowest BCUT2D eigenvalue weighted by molar-refractivity contribution is -0.156. The summed E-state index contributed by atoms with van der Waals surface area (Å²) in [5, 5.41) is 13.0. The number of pyridine rings is 1. The molecule has 8 nitrogen and oxygen atoms in total. The van der Waals surface area contributed by atoms with Crippen LogP contribution >= 0.6 is 0 Å². The first-order chi connectivity index (χ1) is 17.3. The minimum absolute atomic E-state index is 0.0492. The van der Waals surface area contributed by atoms with Gasteiger partial charge >= 0.3 is 5.97 Å². The maximum Gasteiger partial charge on any atom is 0.329 e. The molecule has 1 aromatic heterocycles. The van der Waals surface area contributed by atoms with Gasteiger partial charge in [-0.3, -0.25) is 4.79 Å². The molecule has 2 N–H and O–H groups in total. The Morgan fingerprint density at radius 1 is 0.972 bits per heavy atom. The molecule has 0 aliphatic rings. The molecule has 1 heterocycles. The Hall–Kier alpha value is -4.07. The van der Waals surface area contributed by atoms with Crippen LogP contribution in [0.1, 0.15) is 36.8 Å². The summed E-state index contributed by atoms with van der Waals surface area (Å²) in [5.74, 6) is -0.930. The highest BCUT2D eigenvalue weighted by Gasteiger charge is 2.31. The van der Waals surface area contributed by atoms with Gasteiger partial charge < -0.3 is 24.6 Å². The van der Waals surface area contributed by atoms with Crippen molar-refractivity contribution < 1.29 is 28.9 Å². The molecule has 1 unspecified atom stereocenters. The smallest absolute Gasteiger partial charge is 0.329 e. The lowest BCUT2D eigenvalue weighted by Crippen LogP contribution is -2.47. The first-order valence-electron chi connectivity index (χ1n) is 11.8. The molecule has 0 spiro atoms. The summed E-state index contributed by atoms with van der Waals surface area (Å²) in [4.78, 5) is 30.2. The minimum atomic E-state index is -1.03. The average Bonchev–Trinajstić information content (AvgIpc) is 2.87. The van der Waals surface area contributed by atoms with Crippen molar-refractivity contribution >= 4 is 11.9 Å². The first kappa shape index (κ1) is 26.5. The summed E-state index contributed by atoms with van der Waals surface area (Å²) < 4.78 is 17.0. The van der Waals surface area contributed by atoms with E-state index < -0.39 is 35.9 Å². The number of esters is 1. The van der Waals surface area contributed by atoms with E-state index in [1.54, 1.807) is 6.92 Å². The third kappa shape index (κ3) is 6.97. The molecule has 3 aromatic rings. The van der Waals surface area contributed by atoms with Crippen molar-refractivity contribution in [3.05, 3.63) is 84.2 Å². The standard InChI is InChI=1S/C28H32N2O6/c1-18(2)26(36-21-13-9-6-10-14-21)19(3)35-28(33)22(17-20-11-7-5-8-12-20)30-27(32)24-25(31)23(34-4)15-16-29-24/h5-16,18-19,22,26,31H,17H2,1-4H3,(H,30,32)/t19-,22?,26+/m0/s1. The Kier molecular flexibility index (Phi) is 9.27. The number of para-hydroxylation sites is 1. The Morgan fingerprint density at radius 3 is 2.22 bits per heavy atom. The van der Waals surface area contributed by atoms with E-state index >= 15 is 0 Å². The van der Waals surface area contributed by atoms with Crippen molar-refractivity contribution in [3.8, 4) is 17.2 Å². The molecule has 1 amide bonds. The number of hydrogen-bond acceptors (Lipinski definition) is 7. The van der Waals surface area contributed by atoms with Crippen molar-refractivity contribution in [2.45, 2.75) is 45.4 Å². The number of ether oxygens (including phenoxy) is 3. The molecule has 0 fully saturated rings. The van der Waals surface area contributed by atoms with Crippen molar-refractivity contribution in [1.29, 1.82) is 0 Å². The van der Waals surface area contributed by atoms with Crippen LogP contribution in [-0.2, 0) is 16.0 Å². The average molecular weight is 493 g/mol. The van der Waals surface area contributed by atoms with Crippen molar-refractivity contribution in [2.24, 2.45) is 5.92 Å². The highest BCUT2D eigenvalue weighted by molar-refractivity contribution is 5.98. The van der Waals surface area contributed by atoms with Crippen molar-refractivity contribution in [3.63, 3.8) is 0 Å². The van der Waals surface area contributed by atoms with E-state index in [0.717, 1.165) is 5.56 Å². The molecule has 3 rings (SSSR count). The number of aromatic nitrogens is 1. The largest absolute Gasteiger partial charge is 0.503 e. The maximum atomic E-state index is 13.3. The first-order valence-corrected chi connectivity index (χ1v) is 11.8. The van der Waals surface area contributed by atoms with Gasteiger partial charge in [-0.25, -0.2) is 9.78 Å². The number of rotatable bonds is 11. The van der Waals surface area contributed by atoms with Crippen LogP contribution in [0, 0.1) is 5.92 Å². The maximum absolute atomic E-state index is 13.3. The number of carbonyl (C=O) groups is 2. The van der Waals surface area contributed by atoms with Crippen LogP contribution in [-0.4, -0.2) is 47.3 Å². The van der Waals surface area contributed by atoms with E-state index in [4.69, 9.17) is 14.2 Å². The Bertz CT molecular complexity index is 1140. The monoisotopic (exact) mass is 492 g/mol. The summed E-state index contributed by atoms with van der Waals surface area (Å²) in [6, 6.07) is 19.0. The second-order valence-corrected chi connectivity index (χ2v) is 8.71. The van der Waals surface area contributed by atoms with Gasteiger partial charge in [-0.2, -0.15) is 0 Å². The molecular weight excluding hydrogens is 460 g/mol. The third-order valence-corrected chi connectivity index (χ3v) is 5.63. The minimum Gasteiger partial charge on any atom is -0.503 e. The summed E-state index contributed by atoms with van der Waals surface area (Å²) in [5.41, 5.74) is 0.580. The molecule has 0 aliphatic carbocycles. The normalized spacial score (nSPS) is 13.4. The van der Waals surface area contributed by atoms with Crippen LogP contribution in [0.2, 0.25) is 0 Å². The van der Waals surface area contributed by atoms with Gasteiger partial charge in [-0.1, -0.05) is 62.4 Å². The lowest BCUT2D eigenvalue weighted by atomic mass is 10.0. The molecule has 3 atom stereocenters. The van der Waals surface area contributed by atoms with Crippen molar-refractivity contribution in [1.82, 2.24) is 10.3 Å². The van der Waals surface area contributed by atoms with E-state index in [2.05, 4.69) is 10.3 Å². The van der Waals surface area contributed by atoms with Gasteiger partial charge in [0.15, 0.2) is 17.2 Å². The van der Waals surface area contributed by atoms with E-state index in [1.807, 2.05) is 74.5 Å². The van der Waals surface area contributed by atoms with Gasteiger partial charge in [0.1, 0.15) is 24.0 Å². The second-order valence-electron chi connectivity index (χ2n) is 8.71. The van der Waals surface area contributed by atoms with Gasteiger partial charge in [-0.05, 0) is 30.5 Å². The Labute approximate surface area is 211 Å². The summed E-state index contributed by atoms with van der Waals surface area (Å²) in [7, 11) is 1.37. The number of nitrogens with one attached hydrogen (secondary N) is 1. The zero-order valence-electron chi connectivity index (χ0n) is 20.9. The van der Waals surface area contributed by atoms with Crippen LogP contribution in [0.3, 0.4) is 0 Å². The molecule has 2 aromatic carbocycles. The highest BCUT2D eigenvalue weighted by Crippen LogP contribution is 2.27. The number of aromatic hydroxyl groups is 1. The topological polar surface area (TPSA) is 107 Å². The fraction of sp³-hybridized carbons (Fsp3) is 0.321. The summed E-state index contributed by atoms with van der Waals surface area (Å²) in [6.45, 7) is 5.74. The van der Waals surface area contributed by atoms with Crippen LogP contribution in [0.25, 0.3) is 0 Å². The highest BCUT2D eigenvalue weighted by atomic mass is 16.6. The number of carbonyl (C=O) groups excluding carboxylic acids is 2. The molecular formula is C28H32N2O6. The number of nitrogens with zero attached hydrogens (tertiary/aromatic N) is 1. The Balaban J connectivity index is 1.79. The van der Waals surface area contributed by atoms with Gasteiger partial charge in [-0.15, -0.1) is 0 Å². The van der Waals surface area contributed by atoms with E-state index in [-0.39, 0.29) is 23.8 Å². The van der Waals surface area contributed by atoms with Gasteiger partial charge in [0, 0.05) is 18.7 Å². The molecule has 0 aliphatic heterocycles. The number of amides is 1. The summed E-state index contributed by atoms with van der Waals surface area (Å²) in [6.07, 6.45) is 0.521. The van der Waals surface area contributed by atoms with Crippen LogP contribution in [0.5, 0.6) is 17.2 Å². The SMILES string of the molecule is COc1ccnc(C(=O)NC(Cc2ccccc2)C(=O)O[C@@H](C)[C@H](Oc2ccccc2)C(C)C)c1O. The quantitative estimate of drug-likeness (QED) is 0.387. The van der Waals surface area contributed by atoms with Crippen LogP contribution in [0.4, 0.5) is 0 Å². The molecule has 0 saturated carbocycles. The summed E-state index contributed by atoms with van der Waals surface area (Å²) >= 11 is 0. The number of methoxy groups -OCH3 is 1. The zero-order chi connectivity index (χ0) is 26.1. The van der Waals surface area contributed by atoms with E-state index in [1.165, 1.54) is 19.4 Å². The molecule has 0 saturated heterocycles. The number of hydrogen-bond donors (Lipinski definition) is 2. The molecule has 36 heavy (non-hydrogen) atoms. The number of benzene rings is 2. The predicted octanol–water partition coefficient (Wildman–Crippen LogP) is 4.17. The second kappa shape index (κ2) is 12.6. The van der Waals surface area contributed by atoms with Gasteiger partial charge in [0.2, 0.25) is 0 Å². The van der Waals surface area contributed by atoms with Crippen molar-refractivity contribution in [2.75, 3.05) is 7.11 Å². The van der Waals surface area contributed by atoms with Gasteiger partial charge in [0.25, 0.3) is 5.91 Å². The fourth-order valence-electron chi connectivity index (χ4n) is 3.80. The lowest BCUT2D eigenvalue weighted by Gasteiger charge is -2.29. The molecule has 0 radical (unpaired) electrons. The van der Waals surface area contributed by atoms with E-state index in [9.17, 15) is 14.7 Å².